The van der Waals surface area contributed by atoms with Gasteiger partial charge < -0.3 is 10.2 Å². The molecular weight excluding hydrogens is 200 g/mol. The fourth-order valence-electron chi connectivity index (χ4n) is 2.16. The summed E-state index contributed by atoms with van der Waals surface area (Å²) in [6.45, 7) is 6.10. The molecule has 0 aromatic heterocycles. The third kappa shape index (κ3) is 4.11. The zero-order chi connectivity index (χ0) is 12.0. The van der Waals surface area contributed by atoms with Crippen LogP contribution in [-0.4, -0.2) is 22.4 Å². The smallest absolute Gasteiger partial charge is 0.0721 e. The van der Waals surface area contributed by atoms with Gasteiger partial charge in [-0.25, -0.2) is 0 Å². The molecule has 1 aliphatic carbocycles. The zero-order valence-electron chi connectivity index (χ0n) is 10.2. The minimum absolute atomic E-state index is 0.0563. The maximum atomic E-state index is 9.71. The summed E-state index contributed by atoms with van der Waals surface area (Å²) < 4.78 is 0. The predicted octanol–water partition coefficient (Wildman–Crippen LogP) is 2.81. The van der Waals surface area contributed by atoms with E-state index in [1.807, 2.05) is 12.2 Å². The van der Waals surface area contributed by atoms with Crippen molar-refractivity contribution in [3.8, 4) is 0 Å². The first kappa shape index (κ1) is 13.5. The summed E-state index contributed by atoms with van der Waals surface area (Å²) in [6.07, 6.45) is 9.02. The van der Waals surface area contributed by atoms with Crippen molar-refractivity contribution in [2.24, 2.45) is 5.92 Å². The van der Waals surface area contributed by atoms with Crippen molar-refractivity contribution < 1.29 is 10.2 Å². The largest absolute Gasteiger partial charge is 0.392 e. The number of aliphatic hydroxyl groups is 2. The monoisotopic (exact) mass is 224 g/mol. The Labute approximate surface area is 98.7 Å². The van der Waals surface area contributed by atoms with E-state index in [0.717, 1.165) is 31.3 Å². The molecule has 0 aromatic rings. The van der Waals surface area contributed by atoms with Gasteiger partial charge in [-0.2, -0.15) is 0 Å². The quantitative estimate of drug-likeness (QED) is 0.538. The highest BCUT2D eigenvalue weighted by Crippen LogP contribution is 2.31. The van der Waals surface area contributed by atoms with Gasteiger partial charge in [0.2, 0.25) is 0 Å². The summed E-state index contributed by atoms with van der Waals surface area (Å²) in [5.41, 5.74) is 1.09. The molecule has 0 aliphatic heterocycles. The Balaban J connectivity index is 2.31. The van der Waals surface area contributed by atoms with E-state index in [9.17, 15) is 10.2 Å². The SMILES string of the molecule is C=C1CCC(O)C1/C=C/[C@@H](O)CCCCC. The molecular formula is C14H24O2. The van der Waals surface area contributed by atoms with E-state index in [-0.39, 0.29) is 18.1 Å². The summed E-state index contributed by atoms with van der Waals surface area (Å²) in [7, 11) is 0. The van der Waals surface area contributed by atoms with Crippen molar-refractivity contribution in [3.63, 3.8) is 0 Å². The summed E-state index contributed by atoms with van der Waals surface area (Å²) in [5.74, 6) is 0.0563. The molecule has 1 rings (SSSR count). The molecule has 0 spiro atoms. The lowest BCUT2D eigenvalue weighted by atomic mass is 10.00. The minimum atomic E-state index is -0.368. The van der Waals surface area contributed by atoms with Gasteiger partial charge in [0.15, 0.2) is 0 Å². The lowest BCUT2D eigenvalue weighted by Gasteiger charge is -2.11. The molecule has 1 fully saturated rings. The summed E-state index contributed by atoms with van der Waals surface area (Å²) in [5, 5.41) is 19.4. The van der Waals surface area contributed by atoms with Crippen LogP contribution in [0.1, 0.15) is 45.4 Å². The zero-order valence-corrected chi connectivity index (χ0v) is 10.2. The van der Waals surface area contributed by atoms with E-state index in [1.165, 1.54) is 12.8 Å². The fourth-order valence-corrected chi connectivity index (χ4v) is 2.16. The molecule has 2 nitrogen and oxygen atoms in total. The van der Waals surface area contributed by atoms with Crippen LogP contribution in [0.3, 0.4) is 0 Å². The van der Waals surface area contributed by atoms with Crippen LogP contribution >= 0.6 is 0 Å². The Kier molecular flexibility index (Phi) is 5.78. The number of hydrogen-bond acceptors (Lipinski definition) is 2. The first-order valence-electron chi connectivity index (χ1n) is 6.37. The van der Waals surface area contributed by atoms with E-state index in [1.54, 1.807) is 0 Å². The molecule has 0 amide bonds. The molecule has 0 bridgehead atoms. The van der Waals surface area contributed by atoms with Gasteiger partial charge in [-0.05, 0) is 19.3 Å². The van der Waals surface area contributed by atoms with Crippen LogP contribution in [0.2, 0.25) is 0 Å². The van der Waals surface area contributed by atoms with Crippen LogP contribution in [-0.2, 0) is 0 Å². The molecule has 16 heavy (non-hydrogen) atoms. The standard InChI is InChI=1S/C14H24O2/c1-3-4-5-6-12(15)8-9-13-11(2)7-10-14(13)16/h8-9,12-16H,2-7,10H2,1H3/b9-8+/t12-,13?,14?/m0/s1. The fraction of sp³-hybridized carbons (Fsp3) is 0.714. The molecule has 92 valence electrons. The predicted molar refractivity (Wildman–Crippen MR) is 67.2 cm³/mol. The van der Waals surface area contributed by atoms with Crippen molar-refractivity contribution >= 4 is 0 Å². The Bertz CT molecular complexity index is 245. The Morgan fingerprint density at radius 1 is 1.50 bits per heavy atom. The van der Waals surface area contributed by atoms with Gasteiger partial charge in [0, 0.05) is 5.92 Å². The van der Waals surface area contributed by atoms with Crippen LogP contribution in [0.4, 0.5) is 0 Å². The van der Waals surface area contributed by atoms with Crippen LogP contribution < -0.4 is 0 Å². The third-order valence-corrected chi connectivity index (χ3v) is 3.29. The van der Waals surface area contributed by atoms with Gasteiger partial charge in [0.25, 0.3) is 0 Å². The third-order valence-electron chi connectivity index (χ3n) is 3.29. The molecule has 2 heteroatoms. The Hall–Kier alpha value is -0.600. The first-order chi connectivity index (χ1) is 7.65. The van der Waals surface area contributed by atoms with Crippen molar-refractivity contribution in [3.05, 3.63) is 24.3 Å². The van der Waals surface area contributed by atoms with E-state index in [4.69, 9.17) is 0 Å². The normalized spacial score (nSPS) is 27.8. The number of unbranched alkanes of at least 4 members (excludes halogenated alkanes) is 2. The topological polar surface area (TPSA) is 40.5 Å². The summed E-state index contributed by atoms with van der Waals surface area (Å²) in [6, 6.07) is 0. The lowest BCUT2D eigenvalue weighted by Crippen LogP contribution is -2.12. The second-order valence-electron chi connectivity index (χ2n) is 4.74. The Morgan fingerprint density at radius 3 is 2.81 bits per heavy atom. The molecule has 0 radical (unpaired) electrons. The van der Waals surface area contributed by atoms with Crippen LogP contribution in [0.15, 0.2) is 24.3 Å². The molecule has 2 N–H and O–H groups in total. The highest BCUT2D eigenvalue weighted by atomic mass is 16.3. The van der Waals surface area contributed by atoms with Crippen molar-refractivity contribution in [2.45, 2.75) is 57.7 Å². The second kappa shape index (κ2) is 6.87. The van der Waals surface area contributed by atoms with Gasteiger partial charge in [-0.1, -0.05) is 50.5 Å². The van der Waals surface area contributed by atoms with E-state index < -0.39 is 0 Å². The van der Waals surface area contributed by atoms with E-state index in [0.29, 0.717) is 0 Å². The average Bonchev–Trinajstić information content (AvgIpc) is 2.57. The second-order valence-corrected chi connectivity index (χ2v) is 4.74. The van der Waals surface area contributed by atoms with Crippen molar-refractivity contribution in [1.82, 2.24) is 0 Å². The number of rotatable bonds is 6. The summed E-state index contributed by atoms with van der Waals surface area (Å²) >= 11 is 0. The van der Waals surface area contributed by atoms with Crippen LogP contribution in [0, 0.1) is 5.92 Å². The van der Waals surface area contributed by atoms with Crippen molar-refractivity contribution in [2.75, 3.05) is 0 Å². The van der Waals surface area contributed by atoms with Crippen LogP contribution in [0.25, 0.3) is 0 Å². The van der Waals surface area contributed by atoms with Crippen molar-refractivity contribution in [1.29, 1.82) is 0 Å². The lowest BCUT2D eigenvalue weighted by molar-refractivity contribution is 0.158. The molecule has 0 saturated heterocycles. The van der Waals surface area contributed by atoms with E-state index in [2.05, 4.69) is 13.5 Å². The molecule has 0 aromatic carbocycles. The summed E-state index contributed by atoms with van der Waals surface area (Å²) in [4.78, 5) is 0. The average molecular weight is 224 g/mol. The molecule has 1 aliphatic rings. The van der Waals surface area contributed by atoms with Gasteiger partial charge in [0.05, 0.1) is 12.2 Å². The Morgan fingerprint density at radius 2 is 2.25 bits per heavy atom. The maximum Gasteiger partial charge on any atom is 0.0721 e. The van der Waals surface area contributed by atoms with Gasteiger partial charge in [-0.15, -0.1) is 0 Å². The van der Waals surface area contributed by atoms with Gasteiger partial charge in [0.1, 0.15) is 0 Å². The molecule has 2 unspecified atom stereocenters. The molecule has 1 saturated carbocycles. The number of hydrogen-bond donors (Lipinski definition) is 2. The van der Waals surface area contributed by atoms with Gasteiger partial charge in [-0.3, -0.25) is 0 Å². The minimum Gasteiger partial charge on any atom is -0.392 e. The first-order valence-corrected chi connectivity index (χ1v) is 6.37. The van der Waals surface area contributed by atoms with Gasteiger partial charge >= 0.3 is 0 Å². The highest BCUT2D eigenvalue weighted by Gasteiger charge is 2.26. The molecule has 0 heterocycles. The molecule has 3 atom stereocenters. The highest BCUT2D eigenvalue weighted by molar-refractivity contribution is 5.17. The van der Waals surface area contributed by atoms with E-state index >= 15 is 0 Å². The maximum absolute atomic E-state index is 9.71. The van der Waals surface area contributed by atoms with Crippen LogP contribution in [0.5, 0.6) is 0 Å². The number of aliphatic hydroxyl groups excluding tert-OH is 2.